The third kappa shape index (κ3) is 5.06. The number of methoxy groups -OCH3 is 2. The zero-order chi connectivity index (χ0) is 24.1. The predicted molar refractivity (Wildman–Crippen MR) is 131 cm³/mol. The van der Waals surface area contributed by atoms with Crippen molar-refractivity contribution in [1.29, 1.82) is 0 Å². The molecule has 176 valence electrons. The summed E-state index contributed by atoms with van der Waals surface area (Å²) in [6, 6.07) is 24.8. The first-order chi connectivity index (χ1) is 16.5. The van der Waals surface area contributed by atoms with Gasteiger partial charge >= 0.3 is 0 Å². The van der Waals surface area contributed by atoms with Crippen LogP contribution in [0.15, 0.2) is 78.9 Å². The average molecular weight is 459 g/mol. The zero-order valence-corrected chi connectivity index (χ0v) is 19.8. The molecule has 0 spiro atoms. The predicted octanol–water partition coefficient (Wildman–Crippen LogP) is 4.22. The van der Waals surface area contributed by atoms with E-state index in [9.17, 15) is 9.59 Å². The summed E-state index contributed by atoms with van der Waals surface area (Å²) in [5, 5.41) is 0. The van der Waals surface area contributed by atoms with Crippen LogP contribution >= 0.6 is 0 Å². The van der Waals surface area contributed by atoms with Gasteiger partial charge < -0.3 is 19.3 Å². The lowest BCUT2D eigenvalue weighted by molar-refractivity contribution is -0.134. The summed E-state index contributed by atoms with van der Waals surface area (Å²) in [7, 11) is 5.03. The minimum Gasteiger partial charge on any atom is -0.497 e. The normalized spacial score (nSPS) is 17.3. The van der Waals surface area contributed by atoms with Crippen molar-refractivity contribution in [1.82, 2.24) is 9.80 Å². The van der Waals surface area contributed by atoms with Crippen LogP contribution in [0, 0.1) is 5.92 Å². The number of carbonyl (C=O) groups is 2. The highest BCUT2D eigenvalue weighted by atomic mass is 16.5. The maximum absolute atomic E-state index is 13.6. The molecule has 1 aliphatic heterocycles. The van der Waals surface area contributed by atoms with Crippen molar-refractivity contribution in [3.63, 3.8) is 0 Å². The molecule has 0 bridgehead atoms. The van der Waals surface area contributed by atoms with Crippen LogP contribution in [0.1, 0.15) is 27.4 Å². The number of nitrogens with zero attached hydrogens (tertiary/aromatic N) is 2. The van der Waals surface area contributed by atoms with Crippen LogP contribution in [-0.2, 0) is 11.3 Å². The number of ether oxygens (including phenoxy) is 2. The summed E-state index contributed by atoms with van der Waals surface area (Å²) in [5.74, 6) is 0.805. The largest absolute Gasteiger partial charge is 0.497 e. The van der Waals surface area contributed by atoms with Crippen molar-refractivity contribution in [2.24, 2.45) is 5.92 Å². The molecule has 1 aliphatic rings. The van der Waals surface area contributed by atoms with Crippen molar-refractivity contribution in [2.45, 2.75) is 12.5 Å². The molecule has 34 heavy (non-hydrogen) atoms. The van der Waals surface area contributed by atoms with E-state index in [0.29, 0.717) is 30.9 Å². The summed E-state index contributed by atoms with van der Waals surface area (Å²) >= 11 is 0. The lowest BCUT2D eigenvalue weighted by Crippen LogP contribution is -2.36. The van der Waals surface area contributed by atoms with Crippen LogP contribution < -0.4 is 9.47 Å². The fourth-order valence-corrected chi connectivity index (χ4v) is 4.59. The molecule has 2 atom stereocenters. The Morgan fingerprint density at radius 3 is 2.26 bits per heavy atom. The Labute approximate surface area is 200 Å². The van der Waals surface area contributed by atoms with Crippen LogP contribution in [0.3, 0.4) is 0 Å². The van der Waals surface area contributed by atoms with Crippen LogP contribution in [0.2, 0.25) is 0 Å². The Morgan fingerprint density at radius 1 is 0.882 bits per heavy atom. The van der Waals surface area contributed by atoms with Gasteiger partial charge in [0.1, 0.15) is 11.5 Å². The molecule has 0 aliphatic carbocycles. The fourth-order valence-electron chi connectivity index (χ4n) is 4.59. The van der Waals surface area contributed by atoms with Gasteiger partial charge in [0.2, 0.25) is 5.91 Å². The molecule has 6 nitrogen and oxygen atoms in total. The maximum atomic E-state index is 13.6. The van der Waals surface area contributed by atoms with Gasteiger partial charge in [-0.2, -0.15) is 0 Å². The van der Waals surface area contributed by atoms with Crippen molar-refractivity contribution < 1.29 is 19.1 Å². The molecule has 0 N–H and O–H groups in total. The molecular weight excluding hydrogens is 428 g/mol. The van der Waals surface area contributed by atoms with E-state index >= 15 is 0 Å². The van der Waals surface area contributed by atoms with Crippen molar-refractivity contribution in [3.8, 4) is 11.5 Å². The van der Waals surface area contributed by atoms with Gasteiger partial charge in [-0.1, -0.05) is 48.5 Å². The molecule has 4 rings (SSSR count). The van der Waals surface area contributed by atoms with Crippen molar-refractivity contribution >= 4 is 11.8 Å². The Balaban J connectivity index is 1.61. The summed E-state index contributed by atoms with van der Waals surface area (Å²) in [4.78, 5) is 30.5. The summed E-state index contributed by atoms with van der Waals surface area (Å²) in [5.41, 5.74) is 2.61. The van der Waals surface area contributed by atoms with Gasteiger partial charge in [-0.3, -0.25) is 9.59 Å². The number of hydrogen-bond acceptors (Lipinski definition) is 4. The third-order valence-electron chi connectivity index (χ3n) is 6.40. The van der Waals surface area contributed by atoms with E-state index in [1.165, 1.54) is 0 Å². The molecule has 0 radical (unpaired) electrons. The minimum absolute atomic E-state index is 0.0256. The molecule has 1 saturated heterocycles. The number of carbonyl (C=O) groups excluding carboxylic acids is 2. The average Bonchev–Trinajstić information content (AvgIpc) is 3.34. The summed E-state index contributed by atoms with van der Waals surface area (Å²) in [6.07, 6.45) is 0. The fraction of sp³-hybridized carbons (Fsp3) is 0.286. The van der Waals surface area contributed by atoms with Gasteiger partial charge in [0.05, 0.1) is 20.1 Å². The quantitative estimate of drug-likeness (QED) is 0.532. The van der Waals surface area contributed by atoms with E-state index in [1.807, 2.05) is 67.7 Å². The zero-order valence-electron chi connectivity index (χ0n) is 19.8. The van der Waals surface area contributed by atoms with E-state index in [1.54, 1.807) is 42.2 Å². The van der Waals surface area contributed by atoms with Crippen LogP contribution in [0.25, 0.3) is 0 Å². The highest BCUT2D eigenvalue weighted by molar-refractivity contribution is 5.95. The minimum atomic E-state index is -0.352. The number of likely N-dealkylation sites (tertiary alicyclic amines) is 1. The third-order valence-corrected chi connectivity index (χ3v) is 6.40. The first-order valence-electron chi connectivity index (χ1n) is 11.4. The topological polar surface area (TPSA) is 59.1 Å². The lowest BCUT2D eigenvalue weighted by Gasteiger charge is -2.25. The van der Waals surface area contributed by atoms with Gasteiger partial charge in [-0.05, 0) is 41.5 Å². The molecule has 6 heteroatoms. The smallest absolute Gasteiger partial charge is 0.254 e. The molecule has 0 aromatic heterocycles. The van der Waals surface area contributed by atoms with E-state index in [4.69, 9.17) is 9.47 Å². The highest BCUT2D eigenvalue weighted by Gasteiger charge is 2.41. The summed E-state index contributed by atoms with van der Waals surface area (Å²) < 4.78 is 10.7. The first kappa shape index (κ1) is 23.4. The SMILES string of the molecule is COc1cccc(C(=O)N2CC(C(=O)N(C)Cc3ccccc3)C(c3cccc(OC)c3)C2)c1. The Bertz CT molecular complexity index is 1150. The van der Waals surface area contributed by atoms with Gasteiger partial charge in [0.25, 0.3) is 5.91 Å². The number of benzene rings is 3. The van der Waals surface area contributed by atoms with Gasteiger partial charge in [-0.25, -0.2) is 0 Å². The molecule has 1 fully saturated rings. The van der Waals surface area contributed by atoms with E-state index in [-0.39, 0.29) is 23.7 Å². The Morgan fingerprint density at radius 2 is 1.56 bits per heavy atom. The van der Waals surface area contributed by atoms with Crippen LogP contribution in [0.4, 0.5) is 0 Å². The standard InChI is InChI=1S/C28H30N2O4/c1-29(17-20-9-5-4-6-10-20)28(32)26-19-30(27(31)22-12-8-14-24(16-22)34-3)18-25(26)21-11-7-13-23(15-21)33-2/h4-16,25-26H,17-19H2,1-3H3. The number of amides is 2. The van der Waals surface area contributed by atoms with Gasteiger partial charge in [0.15, 0.2) is 0 Å². The van der Waals surface area contributed by atoms with Crippen LogP contribution in [-0.4, -0.2) is 56.0 Å². The lowest BCUT2D eigenvalue weighted by atomic mass is 9.88. The molecular formula is C28H30N2O4. The summed E-state index contributed by atoms with van der Waals surface area (Å²) in [6.45, 7) is 1.33. The first-order valence-corrected chi connectivity index (χ1v) is 11.4. The van der Waals surface area contributed by atoms with E-state index in [2.05, 4.69) is 0 Å². The van der Waals surface area contributed by atoms with Gasteiger partial charge in [0, 0.05) is 38.2 Å². The van der Waals surface area contributed by atoms with Crippen molar-refractivity contribution in [2.75, 3.05) is 34.4 Å². The van der Waals surface area contributed by atoms with E-state index in [0.717, 1.165) is 16.9 Å². The molecule has 3 aromatic rings. The van der Waals surface area contributed by atoms with Crippen LogP contribution in [0.5, 0.6) is 11.5 Å². The molecule has 1 heterocycles. The second-order valence-corrected chi connectivity index (χ2v) is 8.61. The molecule has 0 saturated carbocycles. The second-order valence-electron chi connectivity index (χ2n) is 8.61. The molecule has 2 unspecified atom stereocenters. The second kappa shape index (κ2) is 10.4. The van der Waals surface area contributed by atoms with Crippen molar-refractivity contribution in [3.05, 3.63) is 95.6 Å². The van der Waals surface area contributed by atoms with Gasteiger partial charge in [-0.15, -0.1) is 0 Å². The molecule has 3 aromatic carbocycles. The Hall–Kier alpha value is -3.80. The highest BCUT2D eigenvalue weighted by Crippen LogP contribution is 2.36. The number of hydrogen-bond donors (Lipinski definition) is 0. The molecule has 2 amide bonds. The maximum Gasteiger partial charge on any atom is 0.254 e. The van der Waals surface area contributed by atoms with E-state index < -0.39 is 0 Å². The number of rotatable bonds is 7. The Kier molecular flexibility index (Phi) is 7.16. The monoisotopic (exact) mass is 458 g/mol.